The molecule has 19 heavy (non-hydrogen) atoms. The Kier molecular flexibility index (Phi) is 3.51. The number of anilines is 2. The zero-order chi connectivity index (χ0) is 14.0. The van der Waals surface area contributed by atoms with Crippen molar-refractivity contribution >= 4 is 17.3 Å². The molecule has 0 amide bonds. The average Bonchev–Trinajstić information content (AvgIpc) is 2.33. The monoisotopic (exact) mass is 259 g/mol. The van der Waals surface area contributed by atoms with Crippen LogP contribution in [0.4, 0.5) is 15.8 Å². The van der Waals surface area contributed by atoms with Crippen LogP contribution in [-0.2, 0) is 0 Å². The second kappa shape index (κ2) is 5.10. The fourth-order valence-corrected chi connectivity index (χ4v) is 1.99. The minimum Gasteiger partial charge on any atom is -0.478 e. The van der Waals surface area contributed by atoms with Gasteiger partial charge in [-0.2, -0.15) is 0 Å². The van der Waals surface area contributed by atoms with E-state index in [4.69, 9.17) is 5.11 Å². The normalized spacial score (nSPS) is 10.3. The van der Waals surface area contributed by atoms with Gasteiger partial charge in [-0.1, -0.05) is 24.3 Å². The van der Waals surface area contributed by atoms with Crippen LogP contribution in [0.2, 0.25) is 0 Å². The number of benzene rings is 2. The van der Waals surface area contributed by atoms with E-state index in [0.29, 0.717) is 0 Å². The summed E-state index contributed by atoms with van der Waals surface area (Å²) in [7, 11) is 0. The van der Waals surface area contributed by atoms with Crippen LogP contribution in [0.3, 0.4) is 0 Å². The molecule has 0 unspecified atom stereocenters. The minimum absolute atomic E-state index is 0.255. The fraction of sp³-hybridized carbons (Fsp3) is 0.133. The highest BCUT2D eigenvalue weighted by atomic mass is 19.1. The number of carboxylic acids is 1. The first-order valence-corrected chi connectivity index (χ1v) is 5.85. The Morgan fingerprint density at radius 2 is 1.68 bits per heavy atom. The molecule has 0 aromatic heterocycles. The second-order valence-electron chi connectivity index (χ2n) is 4.36. The van der Waals surface area contributed by atoms with Crippen molar-refractivity contribution in [2.75, 3.05) is 5.32 Å². The molecule has 0 saturated heterocycles. The van der Waals surface area contributed by atoms with E-state index in [1.54, 1.807) is 6.07 Å². The lowest BCUT2D eigenvalue weighted by atomic mass is 10.1. The van der Waals surface area contributed by atoms with Crippen LogP contribution in [-0.4, -0.2) is 11.1 Å². The Hall–Kier alpha value is -2.36. The molecule has 0 bridgehead atoms. The van der Waals surface area contributed by atoms with Crippen LogP contribution in [0.15, 0.2) is 36.4 Å². The predicted molar refractivity (Wildman–Crippen MR) is 72.6 cm³/mol. The van der Waals surface area contributed by atoms with Gasteiger partial charge in [0.25, 0.3) is 0 Å². The van der Waals surface area contributed by atoms with Crippen molar-refractivity contribution in [2.24, 2.45) is 0 Å². The van der Waals surface area contributed by atoms with Crippen LogP contribution in [0.25, 0.3) is 0 Å². The van der Waals surface area contributed by atoms with Crippen molar-refractivity contribution in [3.8, 4) is 0 Å². The number of hydrogen-bond acceptors (Lipinski definition) is 2. The van der Waals surface area contributed by atoms with Gasteiger partial charge in [0, 0.05) is 5.69 Å². The summed E-state index contributed by atoms with van der Waals surface area (Å²) in [6.45, 7) is 3.82. The molecule has 0 fully saturated rings. The molecule has 0 radical (unpaired) electrons. The molecular formula is C15H14FNO2. The van der Waals surface area contributed by atoms with Gasteiger partial charge in [-0.05, 0) is 37.1 Å². The Bertz CT molecular complexity index is 618. The van der Waals surface area contributed by atoms with Crippen LogP contribution in [0.1, 0.15) is 21.5 Å². The maximum atomic E-state index is 13.6. The molecule has 2 aromatic carbocycles. The van der Waals surface area contributed by atoms with Crippen LogP contribution >= 0.6 is 0 Å². The van der Waals surface area contributed by atoms with Gasteiger partial charge in [-0.25, -0.2) is 9.18 Å². The zero-order valence-electron chi connectivity index (χ0n) is 10.7. The largest absolute Gasteiger partial charge is 0.478 e. The lowest BCUT2D eigenvalue weighted by Gasteiger charge is -2.14. The van der Waals surface area contributed by atoms with Crippen molar-refractivity contribution in [1.29, 1.82) is 0 Å². The second-order valence-corrected chi connectivity index (χ2v) is 4.36. The van der Waals surface area contributed by atoms with E-state index in [1.165, 1.54) is 6.07 Å². The third kappa shape index (κ3) is 2.57. The van der Waals surface area contributed by atoms with E-state index in [1.807, 2.05) is 32.0 Å². The summed E-state index contributed by atoms with van der Waals surface area (Å²) < 4.78 is 13.6. The Morgan fingerprint density at radius 1 is 1.11 bits per heavy atom. The van der Waals surface area contributed by atoms with Crippen molar-refractivity contribution in [3.63, 3.8) is 0 Å². The van der Waals surface area contributed by atoms with Gasteiger partial charge in [0.15, 0.2) is 0 Å². The number of para-hydroxylation sites is 1. The quantitative estimate of drug-likeness (QED) is 0.879. The number of carbonyl (C=O) groups is 1. The smallest absolute Gasteiger partial charge is 0.340 e. The Morgan fingerprint density at radius 3 is 2.26 bits per heavy atom. The summed E-state index contributed by atoms with van der Waals surface area (Å²) in [6.07, 6.45) is 0. The first-order chi connectivity index (χ1) is 9.00. The molecule has 0 aliphatic carbocycles. The van der Waals surface area contributed by atoms with Crippen LogP contribution < -0.4 is 5.32 Å². The molecule has 2 N–H and O–H groups in total. The van der Waals surface area contributed by atoms with Gasteiger partial charge in [-0.15, -0.1) is 0 Å². The number of rotatable bonds is 3. The number of aromatic carboxylic acids is 1. The lowest BCUT2D eigenvalue weighted by Crippen LogP contribution is -2.07. The summed E-state index contributed by atoms with van der Waals surface area (Å²) >= 11 is 0. The first kappa shape index (κ1) is 13.1. The molecule has 0 heterocycles. The molecule has 3 nitrogen and oxygen atoms in total. The maximum absolute atomic E-state index is 13.6. The molecule has 98 valence electrons. The topological polar surface area (TPSA) is 49.3 Å². The van der Waals surface area contributed by atoms with Gasteiger partial charge in [-0.3, -0.25) is 0 Å². The van der Waals surface area contributed by atoms with Gasteiger partial charge in [0.05, 0.1) is 5.69 Å². The molecule has 2 rings (SSSR count). The molecule has 0 aliphatic rings. The van der Waals surface area contributed by atoms with Crippen LogP contribution in [0, 0.1) is 19.7 Å². The predicted octanol–water partition coefficient (Wildman–Crippen LogP) is 3.88. The number of hydrogen-bond donors (Lipinski definition) is 2. The Balaban J connectivity index is 2.50. The third-order valence-electron chi connectivity index (χ3n) is 2.97. The van der Waals surface area contributed by atoms with E-state index in [0.717, 1.165) is 22.9 Å². The minimum atomic E-state index is -1.29. The SMILES string of the molecule is Cc1cccc(C)c1Nc1cccc(F)c1C(=O)O. The van der Waals surface area contributed by atoms with Gasteiger partial charge in [0.1, 0.15) is 11.4 Å². The van der Waals surface area contributed by atoms with Gasteiger partial charge in [0.2, 0.25) is 0 Å². The molecular weight excluding hydrogens is 245 g/mol. The molecule has 0 aliphatic heterocycles. The highest BCUT2D eigenvalue weighted by Crippen LogP contribution is 2.27. The summed E-state index contributed by atoms with van der Waals surface area (Å²) in [4.78, 5) is 11.1. The van der Waals surface area contributed by atoms with E-state index in [9.17, 15) is 9.18 Å². The number of nitrogens with one attached hydrogen (secondary N) is 1. The third-order valence-corrected chi connectivity index (χ3v) is 2.97. The zero-order valence-corrected chi connectivity index (χ0v) is 10.7. The number of aryl methyl sites for hydroxylation is 2. The highest BCUT2D eigenvalue weighted by Gasteiger charge is 2.16. The standard InChI is InChI=1S/C15H14FNO2/c1-9-5-3-6-10(2)14(9)17-12-8-4-7-11(16)13(12)15(18)19/h3-8,17H,1-2H3,(H,18,19). The van der Waals surface area contributed by atoms with Gasteiger partial charge < -0.3 is 10.4 Å². The first-order valence-electron chi connectivity index (χ1n) is 5.85. The number of halogens is 1. The highest BCUT2D eigenvalue weighted by molar-refractivity contribution is 5.95. The van der Waals surface area contributed by atoms with E-state index >= 15 is 0 Å². The fourth-order valence-electron chi connectivity index (χ4n) is 1.99. The van der Waals surface area contributed by atoms with E-state index < -0.39 is 11.8 Å². The van der Waals surface area contributed by atoms with E-state index in [-0.39, 0.29) is 11.3 Å². The summed E-state index contributed by atoms with van der Waals surface area (Å²) in [5.74, 6) is -2.03. The Labute approximate surface area is 110 Å². The molecule has 2 aromatic rings. The van der Waals surface area contributed by atoms with Crippen LogP contribution in [0.5, 0.6) is 0 Å². The molecule has 0 atom stereocenters. The summed E-state index contributed by atoms with van der Waals surface area (Å²) in [5, 5.41) is 12.1. The molecule has 4 heteroatoms. The van der Waals surface area contributed by atoms with Crippen molar-refractivity contribution in [2.45, 2.75) is 13.8 Å². The number of carboxylic acid groups (broad SMARTS) is 1. The summed E-state index contributed by atoms with van der Waals surface area (Å²) in [6, 6.07) is 9.92. The maximum Gasteiger partial charge on any atom is 0.340 e. The van der Waals surface area contributed by atoms with Crippen molar-refractivity contribution < 1.29 is 14.3 Å². The van der Waals surface area contributed by atoms with E-state index in [2.05, 4.69) is 5.32 Å². The summed E-state index contributed by atoms with van der Waals surface area (Å²) in [5.41, 5.74) is 2.66. The van der Waals surface area contributed by atoms with Crippen molar-refractivity contribution in [3.05, 3.63) is 58.9 Å². The van der Waals surface area contributed by atoms with Crippen molar-refractivity contribution in [1.82, 2.24) is 0 Å². The molecule has 0 spiro atoms. The average molecular weight is 259 g/mol. The lowest BCUT2D eigenvalue weighted by molar-refractivity contribution is 0.0693. The van der Waals surface area contributed by atoms with Gasteiger partial charge >= 0.3 is 5.97 Å². The molecule has 0 saturated carbocycles.